The fraction of sp³-hybridized carbons (Fsp3) is 0.217. The Morgan fingerprint density at radius 2 is 1.55 bits per heavy atom. The van der Waals surface area contributed by atoms with Gasteiger partial charge in [-0.05, 0) is 36.4 Å². The third-order valence-corrected chi connectivity index (χ3v) is 6.66. The number of ether oxygens (including phenoxy) is 1. The van der Waals surface area contributed by atoms with Gasteiger partial charge in [-0.3, -0.25) is 0 Å². The first-order valence-electron chi connectivity index (χ1n) is 9.93. The second-order valence-electron chi connectivity index (χ2n) is 8.00. The number of H-pyrrole nitrogens is 1. The third-order valence-electron chi connectivity index (χ3n) is 6.19. The molecule has 2 aromatic heterocycles. The van der Waals surface area contributed by atoms with Gasteiger partial charge in [0, 0.05) is 37.1 Å². The smallest absolute Gasteiger partial charge is 0.163 e. The van der Waals surface area contributed by atoms with Gasteiger partial charge in [0.2, 0.25) is 0 Å². The number of aliphatic hydroxyl groups excluding tert-OH is 3. The molecule has 4 N–H and O–H groups in total. The van der Waals surface area contributed by atoms with E-state index in [1.165, 1.54) is 0 Å². The molecular weight excluding hydrogens is 439 g/mol. The fourth-order valence-corrected chi connectivity index (χ4v) is 5.07. The van der Waals surface area contributed by atoms with Gasteiger partial charge in [0.05, 0.1) is 23.2 Å². The van der Waals surface area contributed by atoms with Gasteiger partial charge in [0.25, 0.3) is 0 Å². The average molecular weight is 457 g/mol. The van der Waals surface area contributed by atoms with E-state index in [0.717, 1.165) is 43.6 Å². The van der Waals surface area contributed by atoms with Crippen LogP contribution in [0.1, 0.15) is 6.23 Å². The number of aliphatic hydroxyl groups is 3. The van der Waals surface area contributed by atoms with Crippen LogP contribution in [0.2, 0.25) is 10.0 Å². The van der Waals surface area contributed by atoms with Crippen molar-refractivity contribution in [3.8, 4) is 0 Å². The van der Waals surface area contributed by atoms with Crippen molar-refractivity contribution in [3.63, 3.8) is 0 Å². The summed E-state index contributed by atoms with van der Waals surface area (Å²) in [7, 11) is 0. The Hall–Kier alpha value is -2.32. The van der Waals surface area contributed by atoms with E-state index >= 15 is 0 Å². The highest BCUT2D eigenvalue weighted by Crippen LogP contribution is 2.41. The van der Waals surface area contributed by atoms with Gasteiger partial charge < -0.3 is 29.6 Å². The molecule has 158 valence electrons. The summed E-state index contributed by atoms with van der Waals surface area (Å²) < 4.78 is 7.72. The van der Waals surface area contributed by atoms with Crippen molar-refractivity contribution < 1.29 is 20.1 Å². The molecule has 1 aliphatic heterocycles. The molecule has 1 fully saturated rings. The predicted octanol–water partition coefficient (Wildman–Crippen LogP) is 4.35. The van der Waals surface area contributed by atoms with Crippen LogP contribution in [-0.4, -0.2) is 49.8 Å². The van der Waals surface area contributed by atoms with Gasteiger partial charge in [-0.15, -0.1) is 0 Å². The molecule has 5 aromatic rings. The number of aromatic nitrogens is 2. The molecular formula is C23H18Cl2N2O4. The zero-order valence-electron chi connectivity index (χ0n) is 16.1. The lowest BCUT2D eigenvalue weighted by atomic mass is 10.0. The van der Waals surface area contributed by atoms with Gasteiger partial charge in [-0.2, -0.15) is 0 Å². The number of rotatable bonds is 1. The van der Waals surface area contributed by atoms with Crippen molar-refractivity contribution in [2.24, 2.45) is 0 Å². The lowest BCUT2D eigenvalue weighted by Gasteiger charge is -2.36. The topological polar surface area (TPSA) is 90.6 Å². The maximum atomic E-state index is 10.8. The van der Waals surface area contributed by atoms with E-state index in [2.05, 4.69) is 4.98 Å². The fourth-order valence-electron chi connectivity index (χ4n) is 4.73. The molecule has 3 aromatic carbocycles. The summed E-state index contributed by atoms with van der Waals surface area (Å²) >= 11 is 12.5. The summed E-state index contributed by atoms with van der Waals surface area (Å²) in [6, 6.07) is 15.3. The molecule has 0 radical (unpaired) electrons. The monoisotopic (exact) mass is 456 g/mol. The van der Waals surface area contributed by atoms with E-state index in [1.54, 1.807) is 6.07 Å². The first kappa shape index (κ1) is 19.4. The molecule has 8 heteroatoms. The Balaban J connectivity index is 1.76. The summed E-state index contributed by atoms with van der Waals surface area (Å²) in [6.45, 7) is -0.0874. The first-order chi connectivity index (χ1) is 14.9. The van der Waals surface area contributed by atoms with Crippen LogP contribution in [0.5, 0.6) is 0 Å². The van der Waals surface area contributed by atoms with Gasteiger partial charge in [0.15, 0.2) is 6.23 Å². The second kappa shape index (κ2) is 6.84. The van der Waals surface area contributed by atoms with Crippen molar-refractivity contribution in [3.05, 3.63) is 58.6 Å². The minimum Gasteiger partial charge on any atom is -0.388 e. The maximum Gasteiger partial charge on any atom is 0.163 e. The van der Waals surface area contributed by atoms with Crippen molar-refractivity contribution in [2.75, 3.05) is 6.61 Å². The highest BCUT2D eigenvalue weighted by molar-refractivity contribution is 6.33. The summed E-state index contributed by atoms with van der Waals surface area (Å²) in [5.74, 6) is 0. The summed E-state index contributed by atoms with van der Waals surface area (Å²) in [5.41, 5.74) is 3.41. The van der Waals surface area contributed by atoms with E-state index in [0.29, 0.717) is 10.0 Å². The second-order valence-corrected chi connectivity index (χ2v) is 8.88. The number of hydrogen-bond acceptors (Lipinski definition) is 4. The average Bonchev–Trinajstić information content (AvgIpc) is 3.27. The number of aromatic amines is 1. The van der Waals surface area contributed by atoms with Crippen molar-refractivity contribution in [1.29, 1.82) is 0 Å². The summed E-state index contributed by atoms with van der Waals surface area (Å²) in [5, 5.41) is 36.1. The van der Waals surface area contributed by atoms with Crippen LogP contribution in [0.4, 0.5) is 0 Å². The van der Waals surface area contributed by atoms with Crippen LogP contribution < -0.4 is 0 Å². The standard InChI is InChI=1S/C23H18Cl2N2O4/c24-10-1-5-16-14(7-10)12-3-4-13-15-8-11(25)2-6-17(15)27(20(13)19(12)26-16)23-22(30)21(29)18(28)9-31-23/h1-8,18,21-23,26,28-30H,9H2/t18-,21+,22-,23-/m1/s1. The minimum absolute atomic E-state index is 0.0874. The predicted molar refractivity (Wildman–Crippen MR) is 122 cm³/mol. The van der Waals surface area contributed by atoms with Crippen LogP contribution in [0.3, 0.4) is 0 Å². The highest BCUT2D eigenvalue weighted by atomic mass is 35.5. The van der Waals surface area contributed by atoms with E-state index in [9.17, 15) is 15.3 Å². The van der Waals surface area contributed by atoms with Crippen LogP contribution in [0.25, 0.3) is 43.6 Å². The molecule has 0 spiro atoms. The maximum absolute atomic E-state index is 10.8. The zero-order valence-corrected chi connectivity index (χ0v) is 17.6. The van der Waals surface area contributed by atoms with Crippen molar-refractivity contribution >= 4 is 66.8 Å². The highest BCUT2D eigenvalue weighted by Gasteiger charge is 2.40. The summed E-state index contributed by atoms with van der Waals surface area (Å²) in [4.78, 5) is 3.48. The molecule has 4 atom stereocenters. The Morgan fingerprint density at radius 1 is 0.839 bits per heavy atom. The number of fused-ring (bicyclic) bond motifs is 7. The number of nitrogens with zero attached hydrogens (tertiary/aromatic N) is 1. The quantitative estimate of drug-likeness (QED) is 0.301. The van der Waals surface area contributed by atoms with E-state index in [1.807, 2.05) is 47.0 Å². The molecule has 0 saturated carbocycles. The lowest BCUT2D eigenvalue weighted by molar-refractivity contribution is -0.208. The molecule has 0 unspecified atom stereocenters. The molecule has 6 nitrogen and oxygen atoms in total. The van der Waals surface area contributed by atoms with Crippen LogP contribution in [0.15, 0.2) is 48.5 Å². The zero-order chi connectivity index (χ0) is 21.4. The molecule has 1 saturated heterocycles. The first-order valence-corrected chi connectivity index (χ1v) is 10.7. The molecule has 6 rings (SSSR count). The molecule has 0 aliphatic carbocycles. The molecule has 0 amide bonds. The largest absolute Gasteiger partial charge is 0.388 e. The molecule has 1 aliphatic rings. The van der Waals surface area contributed by atoms with Gasteiger partial charge in [0.1, 0.15) is 18.3 Å². The van der Waals surface area contributed by atoms with Gasteiger partial charge in [-0.25, -0.2) is 0 Å². The third kappa shape index (κ3) is 2.74. The van der Waals surface area contributed by atoms with Gasteiger partial charge in [-0.1, -0.05) is 35.3 Å². The van der Waals surface area contributed by atoms with Crippen molar-refractivity contribution in [2.45, 2.75) is 24.5 Å². The van der Waals surface area contributed by atoms with Crippen LogP contribution in [-0.2, 0) is 4.74 Å². The Labute approximate surface area is 186 Å². The van der Waals surface area contributed by atoms with Crippen LogP contribution in [0, 0.1) is 0 Å². The Kier molecular flexibility index (Phi) is 4.27. The normalized spacial score (nSPS) is 24.7. The Bertz CT molecular complexity index is 1490. The minimum atomic E-state index is -1.32. The van der Waals surface area contributed by atoms with Gasteiger partial charge >= 0.3 is 0 Å². The molecule has 0 bridgehead atoms. The van der Waals surface area contributed by atoms with E-state index < -0.39 is 24.5 Å². The number of nitrogens with one attached hydrogen (secondary N) is 1. The number of benzene rings is 3. The SMILES string of the molecule is O[C@@H]1[C@@H](O)[C@H](n2c3ccc(Cl)cc3c3ccc4c5cc(Cl)ccc5[nH]c4c32)OC[C@H]1O. The van der Waals surface area contributed by atoms with Crippen molar-refractivity contribution in [1.82, 2.24) is 9.55 Å². The van der Waals surface area contributed by atoms with E-state index in [-0.39, 0.29) is 6.61 Å². The number of halogens is 2. The Morgan fingerprint density at radius 3 is 2.35 bits per heavy atom. The lowest BCUT2D eigenvalue weighted by Crippen LogP contribution is -2.50. The number of hydrogen-bond donors (Lipinski definition) is 4. The summed E-state index contributed by atoms with van der Waals surface area (Å²) in [6.07, 6.45) is -4.67. The molecule has 31 heavy (non-hydrogen) atoms. The van der Waals surface area contributed by atoms with Crippen LogP contribution >= 0.6 is 23.2 Å². The molecule has 3 heterocycles. The van der Waals surface area contributed by atoms with E-state index in [4.69, 9.17) is 27.9 Å².